The van der Waals surface area contributed by atoms with E-state index in [-0.39, 0.29) is 12.6 Å². The molecule has 0 radical (unpaired) electrons. The number of nitrogens with zero attached hydrogens (tertiary/aromatic N) is 1. The lowest BCUT2D eigenvalue weighted by Gasteiger charge is -2.38. The van der Waals surface area contributed by atoms with Crippen molar-refractivity contribution in [2.75, 3.05) is 19.7 Å². The van der Waals surface area contributed by atoms with Gasteiger partial charge in [0.2, 0.25) is 0 Å². The molecule has 5 heteroatoms. The zero-order valence-electron chi connectivity index (χ0n) is 10.4. The molecular weight excluding hydrogens is 271 g/mol. The second-order valence-electron chi connectivity index (χ2n) is 4.81. The zero-order chi connectivity index (χ0) is 13.1. The number of aliphatic hydroxyl groups is 1. The summed E-state index contributed by atoms with van der Waals surface area (Å²) in [7, 11) is 0. The van der Waals surface area contributed by atoms with Crippen molar-refractivity contribution in [3.05, 3.63) is 33.8 Å². The summed E-state index contributed by atoms with van der Waals surface area (Å²) in [6, 6.07) is 6.14. The zero-order valence-corrected chi connectivity index (χ0v) is 11.9. The molecule has 0 amide bonds. The van der Waals surface area contributed by atoms with Crippen LogP contribution in [-0.4, -0.2) is 41.8 Å². The van der Waals surface area contributed by atoms with Crippen molar-refractivity contribution in [1.29, 1.82) is 0 Å². The molecule has 1 aliphatic rings. The van der Waals surface area contributed by atoms with Crippen LogP contribution in [0.3, 0.4) is 0 Å². The van der Waals surface area contributed by atoms with E-state index in [1.165, 1.54) is 0 Å². The Morgan fingerprint density at radius 2 is 2.22 bits per heavy atom. The van der Waals surface area contributed by atoms with Crippen LogP contribution in [0.1, 0.15) is 12.5 Å². The van der Waals surface area contributed by atoms with Gasteiger partial charge in [-0.15, -0.1) is 0 Å². The fourth-order valence-electron chi connectivity index (χ4n) is 2.27. The third-order valence-electron chi connectivity index (χ3n) is 3.33. The van der Waals surface area contributed by atoms with Crippen molar-refractivity contribution in [3.8, 4) is 0 Å². The Hall–Kier alpha value is -0.320. The summed E-state index contributed by atoms with van der Waals surface area (Å²) in [4.78, 5) is 2.26. The predicted octanol–water partition coefficient (Wildman–Crippen LogP) is 2.15. The SMILES string of the molecule is CC1CN(Cc2ccc(Cl)cc2Cl)C(CO)CN1. The first-order valence-corrected chi connectivity index (χ1v) is 6.88. The molecule has 1 saturated heterocycles. The molecule has 100 valence electrons. The number of benzene rings is 1. The molecule has 0 bridgehead atoms. The van der Waals surface area contributed by atoms with Crippen LogP contribution in [0.5, 0.6) is 0 Å². The molecule has 0 aromatic heterocycles. The van der Waals surface area contributed by atoms with Crippen LogP contribution in [0.25, 0.3) is 0 Å². The molecule has 1 fully saturated rings. The second-order valence-corrected chi connectivity index (χ2v) is 5.65. The maximum Gasteiger partial charge on any atom is 0.0599 e. The molecule has 1 aliphatic heterocycles. The highest BCUT2D eigenvalue weighted by Gasteiger charge is 2.25. The Kier molecular flexibility index (Phi) is 4.87. The molecule has 18 heavy (non-hydrogen) atoms. The van der Waals surface area contributed by atoms with Gasteiger partial charge in [0.05, 0.1) is 6.61 Å². The lowest BCUT2D eigenvalue weighted by atomic mass is 10.1. The fraction of sp³-hybridized carbons (Fsp3) is 0.538. The van der Waals surface area contributed by atoms with Gasteiger partial charge in [-0.25, -0.2) is 0 Å². The Balaban J connectivity index is 2.10. The molecular formula is C13H18Cl2N2O. The van der Waals surface area contributed by atoms with Gasteiger partial charge in [-0.2, -0.15) is 0 Å². The van der Waals surface area contributed by atoms with E-state index in [2.05, 4.69) is 17.1 Å². The number of piperazine rings is 1. The molecule has 1 heterocycles. The molecule has 1 aromatic rings. The minimum Gasteiger partial charge on any atom is -0.395 e. The van der Waals surface area contributed by atoms with Crippen LogP contribution < -0.4 is 5.32 Å². The summed E-state index contributed by atoms with van der Waals surface area (Å²) in [6.07, 6.45) is 0. The normalized spacial score (nSPS) is 25.3. The van der Waals surface area contributed by atoms with E-state index >= 15 is 0 Å². The standard InChI is InChI=1S/C13H18Cl2N2O/c1-9-6-17(12(8-18)5-16-9)7-10-2-3-11(14)4-13(10)15/h2-4,9,12,16,18H,5-8H2,1H3. The topological polar surface area (TPSA) is 35.5 Å². The van der Waals surface area contributed by atoms with Crippen LogP contribution in [-0.2, 0) is 6.54 Å². The number of aliphatic hydroxyl groups excluding tert-OH is 1. The van der Waals surface area contributed by atoms with Gasteiger partial charge in [0, 0.05) is 41.8 Å². The molecule has 2 N–H and O–H groups in total. The highest BCUT2D eigenvalue weighted by Crippen LogP contribution is 2.23. The maximum atomic E-state index is 9.40. The van der Waals surface area contributed by atoms with E-state index in [1.54, 1.807) is 6.07 Å². The van der Waals surface area contributed by atoms with Crippen LogP contribution in [0.2, 0.25) is 10.0 Å². The van der Waals surface area contributed by atoms with E-state index in [0.29, 0.717) is 16.1 Å². The molecule has 0 spiro atoms. The first-order chi connectivity index (χ1) is 8.60. The van der Waals surface area contributed by atoms with Gasteiger partial charge in [0.1, 0.15) is 0 Å². The quantitative estimate of drug-likeness (QED) is 0.895. The van der Waals surface area contributed by atoms with Crippen molar-refractivity contribution in [1.82, 2.24) is 10.2 Å². The molecule has 3 nitrogen and oxygen atoms in total. The average molecular weight is 289 g/mol. The van der Waals surface area contributed by atoms with E-state index < -0.39 is 0 Å². The van der Waals surface area contributed by atoms with E-state index in [4.69, 9.17) is 23.2 Å². The first-order valence-electron chi connectivity index (χ1n) is 6.12. The third kappa shape index (κ3) is 3.37. The van der Waals surface area contributed by atoms with Crippen molar-refractivity contribution in [2.45, 2.75) is 25.6 Å². The summed E-state index contributed by atoms with van der Waals surface area (Å²) >= 11 is 12.1. The monoisotopic (exact) mass is 288 g/mol. The number of hydrogen-bond acceptors (Lipinski definition) is 3. The van der Waals surface area contributed by atoms with E-state index in [9.17, 15) is 5.11 Å². The van der Waals surface area contributed by atoms with Gasteiger partial charge >= 0.3 is 0 Å². The first kappa shape index (κ1) is 14.1. The van der Waals surface area contributed by atoms with Gasteiger partial charge < -0.3 is 10.4 Å². The van der Waals surface area contributed by atoms with E-state index in [0.717, 1.165) is 25.2 Å². The average Bonchev–Trinajstić information content (AvgIpc) is 2.33. The number of nitrogens with one attached hydrogen (secondary N) is 1. The minimum atomic E-state index is 0.146. The highest BCUT2D eigenvalue weighted by atomic mass is 35.5. The molecule has 2 unspecified atom stereocenters. The van der Waals surface area contributed by atoms with Gasteiger partial charge in [0.25, 0.3) is 0 Å². The predicted molar refractivity (Wildman–Crippen MR) is 75.2 cm³/mol. The van der Waals surface area contributed by atoms with Crippen molar-refractivity contribution < 1.29 is 5.11 Å². The Labute approximate surface area is 118 Å². The summed E-state index contributed by atoms with van der Waals surface area (Å²) in [6.45, 7) is 4.76. The van der Waals surface area contributed by atoms with Gasteiger partial charge in [-0.3, -0.25) is 4.90 Å². The Morgan fingerprint density at radius 1 is 1.44 bits per heavy atom. The lowest BCUT2D eigenvalue weighted by Crippen LogP contribution is -2.56. The molecule has 2 rings (SSSR count). The van der Waals surface area contributed by atoms with Crippen LogP contribution in [0.15, 0.2) is 18.2 Å². The van der Waals surface area contributed by atoms with Gasteiger partial charge in [-0.05, 0) is 24.6 Å². The Bertz CT molecular complexity index is 414. The maximum absolute atomic E-state index is 9.40. The number of hydrogen-bond donors (Lipinski definition) is 2. The van der Waals surface area contributed by atoms with Crippen LogP contribution >= 0.6 is 23.2 Å². The van der Waals surface area contributed by atoms with Crippen molar-refractivity contribution in [3.63, 3.8) is 0 Å². The summed E-state index contributed by atoms with van der Waals surface area (Å²) in [5.41, 5.74) is 1.05. The molecule has 2 atom stereocenters. The molecule has 0 saturated carbocycles. The van der Waals surface area contributed by atoms with Crippen LogP contribution in [0, 0.1) is 0 Å². The van der Waals surface area contributed by atoms with Gasteiger partial charge in [0.15, 0.2) is 0 Å². The second kappa shape index (κ2) is 6.22. The Morgan fingerprint density at radius 3 is 2.89 bits per heavy atom. The number of rotatable bonds is 3. The third-order valence-corrected chi connectivity index (χ3v) is 3.91. The fourth-order valence-corrected chi connectivity index (χ4v) is 2.74. The van der Waals surface area contributed by atoms with E-state index in [1.807, 2.05) is 12.1 Å². The molecule has 1 aromatic carbocycles. The smallest absolute Gasteiger partial charge is 0.0599 e. The minimum absolute atomic E-state index is 0.146. The summed E-state index contributed by atoms with van der Waals surface area (Å²) in [5.74, 6) is 0. The van der Waals surface area contributed by atoms with Crippen LogP contribution in [0.4, 0.5) is 0 Å². The number of halogens is 2. The van der Waals surface area contributed by atoms with Crippen molar-refractivity contribution >= 4 is 23.2 Å². The summed E-state index contributed by atoms with van der Waals surface area (Å²) in [5, 5.41) is 14.1. The van der Waals surface area contributed by atoms with Gasteiger partial charge in [-0.1, -0.05) is 29.3 Å². The largest absolute Gasteiger partial charge is 0.395 e. The highest BCUT2D eigenvalue weighted by molar-refractivity contribution is 6.35. The van der Waals surface area contributed by atoms with Crippen molar-refractivity contribution in [2.24, 2.45) is 0 Å². The summed E-state index contributed by atoms with van der Waals surface area (Å²) < 4.78 is 0. The lowest BCUT2D eigenvalue weighted by molar-refractivity contribution is 0.0781. The molecule has 0 aliphatic carbocycles.